The van der Waals surface area contributed by atoms with Gasteiger partial charge in [0.1, 0.15) is 12.4 Å². The third-order valence-electron chi connectivity index (χ3n) is 3.28. The molecule has 3 nitrogen and oxygen atoms in total. The van der Waals surface area contributed by atoms with Gasteiger partial charge in [0.05, 0.1) is 0 Å². The SMILES string of the molecule is CC.COCC(=O)NCc1cc(F)ccc1-c1ccc(C(C)C)s1. The lowest BCUT2D eigenvalue weighted by Gasteiger charge is -2.10. The highest BCUT2D eigenvalue weighted by Gasteiger charge is 2.11. The molecule has 132 valence electrons. The minimum absolute atomic E-state index is 0.00114. The monoisotopic (exact) mass is 351 g/mol. The second kappa shape index (κ2) is 10.2. The van der Waals surface area contributed by atoms with Gasteiger partial charge in [0.25, 0.3) is 0 Å². The maximum Gasteiger partial charge on any atom is 0.246 e. The fourth-order valence-corrected chi connectivity index (χ4v) is 3.20. The first kappa shape index (κ1) is 20.3. The van der Waals surface area contributed by atoms with Crippen molar-refractivity contribution in [1.29, 1.82) is 0 Å². The van der Waals surface area contributed by atoms with Crippen LogP contribution in [0.4, 0.5) is 4.39 Å². The van der Waals surface area contributed by atoms with Crippen molar-refractivity contribution in [3.05, 3.63) is 46.6 Å². The number of ether oxygens (including phenoxy) is 1. The van der Waals surface area contributed by atoms with Gasteiger partial charge in [0.2, 0.25) is 5.91 Å². The molecule has 1 aromatic heterocycles. The summed E-state index contributed by atoms with van der Waals surface area (Å²) in [6.45, 7) is 8.57. The summed E-state index contributed by atoms with van der Waals surface area (Å²) in [7, 11) is 1.46. The van der Waals surface area contributed by atoms with Crippen LogP contribution in [0.3, 0.4) is 0 Å². The highest BCUT2D eigenvalue weighted by molar-refractivity contribution is 7.15. The van der Waals surface area contributed by atoms with Crippen molar-refractivity contribution < 1.29 is 13.9 Å². The number of carbonyl (C=O) groups excluding carboxylic acids is 1. The number of halogens is 1. The van der Waals surface area contributed by atoms with E-state index in [1.807, 2.05) is 19.9 Å². The molecule has 0 spiro atoms. The molecule has 0 bridgehead atoms. The summed E-state index contributed by atoms with van der Waals surface area (Å²) in [5, 5.41) is 2.74. The number of thiophene rings is 1. The predicted molar refractivity (Wildman–Crippen MR) is 98.9 cm³/mol. The molecule has 0 unspecified atom stereocenters. The molecule has 0 radical (unpaired) electrons. The van der Waals surface area contributed by atoms with E-state index in [-0.39, 0.29) is 24.9 Å². The third kappa shape index (κ3) is 5.73. The topological polar surface area (TPSA) is 38.3 Å². The van der Waals surface area contributed by atoms with E-state index in [2.05, 4.69) is 25.2 Å². The Morgan fingerprint density at radius 1 is 1.25 bits per heavy atom. The lowest BCUT2D eigenvalue weighted by atomic mass is 10.1. The minimum Gasteiger partial charge on any atom is -0.375 e. The van der Waals surface area contributed by atoms with Crippen LogP contribution in [0, 0.1) is 5.82 Å². The zero-order chi connectivity index (χ0) is 18.1. The van der Waals surface area contributed by atoms with Crippen LogP contribution in [0.2, 0.25) is 0 Å². The van der Waals surface area contributed by atoms with Gasteiger partial charge in [-0.25, -0.2) is 4.39 Å². The zero-order valence-corrected chi connectivity index (χ0v) is 15.8. The van der Waals surface area contributed by atoms with Crippen LogP contribution >= 0.6 is 11.3 Å². The molecular formula is C19H26FNO2S. The molecule has 0 aliphatic carbocycles. The summed E-state index contributed by atoms with van der Waals surface area (Å²) >= 11 is 1.70. The molecule has 1 N–H and O–H groups in total. The zero-order valence-electron chi connectivity index (χ0n) is 15.0. The Morgan fingerprint density at radius 3 is 2.54 bits per heavy atom. The first-order valence-corrected chi connectivity index (χ1v) is 8.97. The molecule has 24 heavy (non-hydrogen) atoms. The van der Waals surface area contributed by atoms with Crippen LogP contribution in [0.15, 0.2) is 30.3 Å². The molecule has 0 aliphatic rings. The molecule has 1 amide bonds. The average Bonchev–Trinajstić information content (AvgIpc) is 3.05. The van der Waals surface area contributed by atoms with E-state index in [4.69, 9.17) is 4.74 Å². The molecule has 2 aromatic rings. The molecule has 0 atom stereocenters. The number of methoxy groups -OCH3 is 1. The van der Waals surface area contributed by atoms with Crippen molar-refractivity contribution in [2.45, 2.75) is 40.2 Å². The Morgan fingerprint density at radius 2 is 1.96 bits per heavy atom. The highest BCUT2D eigenvalue weighted by atomic mass is 32.1. The van der Waals surface area contributed by atoms with E-state index in [1.165, 1.54) is 24.1 Å². The van der Waals surface area contributed by atoms with Crippen molar-refractivity contribution in [1.82, 2.24) is 5.32 Å². The highest BCUT2D eigenvalue weighted by Crippen LogP contribution is 2.34. The van der Waals surface area contributed by atoms with Gasteiger partial charge >= 0.3 is 0 Å². The van der Waals surface area contributed by atoms with Gasteiger partial charge in [0.15, 0.2) is 0 Å². The van der Waals surface area contributed by atoms with Gasteiger partial charge in [0, 0.05) is 23.4 Å². The molecule has 2 rings (SSSR count). The standard InChI is InChI=1S/C17H20FNO2S.C2H6/c1-11(2)15-6-7-16(22-15)14-5-4-13(18)8-12(14)9-19-17(20)10-21-3;1-2/h4-8,11H,9-10H2,1-3H3,(H,19,20);1-2H3. The normalized spacial score (nSPS) is 10.3. The van der Waals surface area contributed by atoms with Gasteiger partial charge in [-0.15, -0.1) is 11.3 Å². The first-order chi connectivity index (χ1) is 11.5. The number of hydrogen-bond acceptors (Lipinski definition) is 3. The van der Waals surface area contributed by atoms with Gasteiger partial charge in [-0.2, -0.15) is 0 Å². The quantitative estimate of drug-likeness (QED) is 0.798. The lowest BCUT2D eigenvalue weighted by Crippen LogP contribution is -2.26. The summed E-state index contributed by atoms with van der Waals surface area (Å²) in [6, 6.07) is 8.83. The summed E-state index contributed by atoms with van der Waals surface area (Å²) in [5.74, 6) is -0.0591. The van der Waals surface area contributed by atoms with Crippen molar-refractivity contribution in [3.63, 3.8) is 0 Å². The van der Waals surface area contributed by atoms with Crippen LogP contribution in [0.1, 0.15) is 44.1 Å². The molecule has 0 saturated heterocycles. The van der Waals surface area contributed by atoms with E-state index in [0.717, 1.165) is 16.0 Å². The number of amides is 1. The summed E-state index contributed by atoms with van der Waals surface area (Å²) in [4.78, 5) is 13.9. The van der Waals surface area contributed by atoms with E-state index in [1.54, 1.807) is 17.4 Å². The predicted octanol–water partition coefficient (Wildman–Crippen LogP) is 4.97. The summed E-state index contributed by atoms with van der Waals surface area (Å²) in [5.41, 5.74) is 1.72. The third-order valence-corrected chi connectivity index (χ3v) is 4.70. The Hall–Kier alpha value is -1.72. The average molecular weight is 351 g/mol. The number of benzene rings is 1. The van der Waals surface area contributed by atoms with E-state index in [0.29, 0.717) is 5.92 Å². The van der Waals surface area contributed by atoms with E-state index < -0.39 is 0 Å². The minimum atomic E-state index is -0.305. The summed E-state index contributed by atoms with van der Waals surface area (Å²) < 4.78 is 18.3. The van der Waals surface area contributed by atoms with Gasteiger partial charge in [-0.3, -0.25) is 4.79 Å². The Labute approximate surface area is 147 Å². The molecule has 0 saturated carbocycles. The van der Waals surface area contributed by atoms with Crippen LogP contribution in [-0.2, 0) is 16.1 Å². The van der Waals surface area contributed by atoms with Crippen LogP contribution < -0.4 is 5.32 Å². The molecule has 5 heteroatoms. The Bertz CT molecular complexity index is 653. The van der Waals surface area contributed by atoms with Crippen LogP contribution in [0.5, 0.6) is 0 Å². The number of hydrogen-bond donors (Lipinski definition) is 1. The van der Waals surface area contributed by atoms with Gasteiger partial charge < -0.3 is 10.1 Å². The van der Waals surface area contributed by atoms with Crippen molar-refractivity contribution in [2.24, 2.45) is 0 Å². The Balaban J connectivity index is 0.00000139. The molecule has 1 heterocycles. The Kier molecular flexibility index (Phi) is 8.65. The van der Waals surface area contributed by atoms with Crippen molar-refractivity contribution in [3.8, 4) is 10.4 Å². The molecule has 0 aliphatic heterocycles. The lowest BCUT2D eigenvalue weighted by molar-refractivity contribution is -0.124. The van der Waals surface area contributed by atoms with E-state index in [9.17, 15) is 9.18 Å². The summed E-state index contributed by atoms with van der Waals surface area (Å²) in [6.07, 6.45) is 0. The number of rotatable bonds is 6. The fraction of sp³-hybridized carbons (Fsp3) is 0.421. The van der Waals surface area contributed by atoms with E-state index >= 15 is 0 Å². The molecular weight excluding hydrogens is 325 g/mol. The number of carbonyl (C=O) groups is 1. The maximum absolute atomic E-state index is 13.5. The van der Waals surface area contributed by atoms with Gasteiger partial charge in [-0.1, -0.05) is 33.8 Å². The van der Waals surface area contributed by atoms with Crippen LogP contribution in [0.25, 0.3) is 10.4 Å². The molecule has 0 fully saturated rings. The first-order valence-electron chi connectivity index (χ1n) is 8.15. The largest absolute Gasteiger partial charge is 0.375 e. The second-order valence-electron chi connectivity index (χ2n) is 5.37. The second-order valence-corrected chi connectivity index (χ2v) is 6.48. The maximum atomic E-state index is 13.5. The van der Waals surface area contributed by atoms with Gasteiger partial charge in [-0.05, 0) is 41.3 Å². The number of nitrogens with one attached hydrogen (secondary N) is 1. The van der Waals surface area contributed by atoms with Crippen LogP contribution in [-0.4, -0.2) is 19.6 Å². The van der Waals surface area contributed by atoms with Crippen molar-refractivity contribution >= 4 is 17.2 Å². The smallest absolute Gasteiger partial charge is 0.246 e. The molecule has 1 aromatic carbocycles. The fourth-order valence-electron chi connectivity index (χ4n) is 2.13. The van der Waals surface area contributed by atoms with Crippen molar-refractivity contribution in [2.75, 3.05) is 13.7 Å².